The molecule has 0 bridgehead atoms. The maximum atomic E-state index is 12.4. The van der Waals surface area contributed by atoms with Gasteiger partial charge in [0.15, 0.2) is 0 Å². The number of fused-ring (bicyclic) bond motifs is 2. The Hall–Kier alpha value is -3.46. The van der Waals surface area contributed by atoms with Gasteiger partial charge in [0.25, 0.3) is 0 Å². The molecule has 3 heteroatoms. The van der Waals surface area contributed by atoms with E-state index in [2.05, 4.69) is 77.8 Å². The van der Waals surface area contributed by atoms with Gasteiger partial charge in [-0.1, -0.05) is 78.9 Å². The minimum absolute atomic E-state index is 0.0795. The molecule has 2 heterocycles. The Bertz CT molecular complexity index is 1110. The molecule has 2 aromatic carbocycles. The number of allylic oxidation sites excluding steroid dienone is 3. The summed E-state index contributed by atoms with van der Waals surface area (Å²) in [5, 5.41) is 0. The lowest BCUT2D eigenvalue weighted by atomic mass is 9.81. The van der Waals surface area contributed by atoms with Gasteiger partial charge in [-0.05, 0) is 36.3 Å². The highest BCUT2D eigenvalue weighted by Crippen LogP contribution is 2.40. The molecule has 30 heavy (non-hydrogen) atoms. The zero-order chi connectivity index (χ0) is 20.5. The summed E-state index contributed by atoms with van der Waals surface area (Å²) in [4.78, 5) is 19.7. The maximum absolute atomic E-state index is 12.4. The lowest BCUT2D eigenvalue weighted by molar-refractivity contribution is -0.117. The first-order valence-electron chi connectivity index (χ1n) is 10.5. The molecule has 0 saturated heterocycles. The van der Waals surface area contributed by atoms with Crippen LogP contribution in [0.4, 0.5) is 5.69 Å². The first-order chi connectivity index (χ1) is 14.7. The molecule has 148 valence electrons. The molecule has 0 N–H and O–H groups in total. The summed E-state index contributed by atoms with van der Waals surface area (Å²) in [5.41, 5.74) is 5.43. The van der Waals surface area contributed by atoms with Crippen LogP contribution in [0.5, 0.6) is 0 Å². The second-order valence-electron chi connectivity index (χ2n) is 8.00. The third-order valence-corrected chi connectivity index (χ3v) is 5.89. The number of nitrogens with zero attached hydrogens (tertiary/aromatic N) is 2. The number of rotatable bonds is 4. The molecular weight excluding hydrogens is 368 g/mol. The summed E-state index contributed by atoms with van der Waals surface area (Å²) in [5.74, 6) is 0.421. The van der Waals surface area contributed by atoms with Gasteiger partial charge in [-0.3, -0.25) is 9.79 Å². The molecule has 0 radical (unpaired) electrons. The molecule has 1 aliphatic carbocycles. The molecule has 2 aliphatic heterocycles. The van der Waals surface area contributed by atoms with E-state index >= 15 is 0 Å². The summed E-state index contributed by atoms with van der Waals surface area (Å²) in [7, 11) is 0. The third-order valence-electron chi connectivity index (χ3n) is 5.89. The van der Waals surface area contributed by atoms with E-state index in [1.165, 1.54) is 0 Å². The Balaban J connectivity index is 1.72. The number of para-hydroxylation sites is 1. The number of benzene rings is 2. The Morgan fingerprint density at radius 3 is 2.40 bits per heavy atom. The number of ketones is 1. The van der Waals surface area contributed by atoms with Gasteiger partial charge in [-0.2, -0.15) is 0 Å². The second-order valence-corrected chi connectivity index (χ2v) is 8.00. The monoisotopic (exact) mass is 392 g/mol. The van der Waals surface area contributed by atoms with Crippen LogP contribution in [0, 0.1) is 5.92 Å². The normalized spacial score (nSPS) is 24.4. The van der Waals surface area contributed by atoms with E-state index < -0.39 is 0 Å². The van der Waals surface area contributed by atoms with E-state index in [4.69, 9.17) is 4.99 Å². The molecule has 2 aromatic rings. The number of carbonyl (C=O) groups is 1. The molecule has 0 spiro atoms. The van der Waals surface area contributed by atoms with Crippen LogP contribution in [-0.4, -0.2) is 23.6 Å². The molecule has 0 fully saturated rings. The number of Topliss-reactive ketones (excluding diaryl/α,β-unsaturated/α-hetero) is 1. The zero-order valence-corrected chi connectivity index (χ0v) is 17.0. The lowest BCUT2D eigenvalue weighted by Crippen LogP contribution is -2.44. The fourth-order valence-corrected chi connectivity index (χ4v) is 4.54. The Morgan fingerprint density at radius 2 is 1.67 bits per heavy atom. The van der Waals surface area contributed by atoms with Crippen molar-refractivity contribution in [2.45, 2.75) is 25.4 Å². The minimum atomic E-state index is -0.0795. The van der Waals surface area contributed by atoms with Gasteiger partial charge in [0.2, 0.25) is 0 Å². The zero-order valence-electron chi connectivity index (χ0n) is 17.0. The first kappa shape index (κ1) is 18.6. The van der Waals surface area contributed by atoms with Crippen molar-refractivity contribution < 1.29 is 4.79 Å². The average Bonchev–Trinajstić information content (AvgIpc) is 2.78. The third kappa shape index (κ3) is 3.37. The highest BCUT2D eigenvalue weighted by Gasteiger charge is 2.37. The number of aliphatic imine (C=N–C) groups is 1. The predicted octanol–water partition coefficient (Wildman–Crippen LogP) is 5.39. The van der Waals surface area contributed by atoms with E-state index in [9.17, 15) is 4.79 Å². The van der Waals surface area contributed by atoms with Crippen molar-refractivity contribution in [3.05, 3.63) is 108 Å². The summed E-state index contributed by atoms with van der Waals surface area (Å²) in [6.07, 6.45) is 13.5. The molecule has 5 rings (SSSR count). The van der Waals surface area contributed by atoms with Crippen molar-refractivity contribution in [2.24, 2.45) is 10.9 Å². The van der Waals surface area contributed by atoms with Crippen LogP contribution < -0.4 is 4.90 Å². The van der Waals surface area contributed by atoms with Crippen molar-refractivity contribution in [3.8, 4) is 0 Å². The highest BCUT2D eigenvalue weighted by molar-refractivity contribution is 6.18. The van der Waals surface area contributed by atoms with Crippen LogP contribution in [0.1, 0.15) is 18.9 Å². The fraction of sp³-hybridized carbons (Fsp3) is 0.185. The minimum Gasteiger partial charge on any atom is -0.333 e. The van der Waals surface area contributed by atoms with Gasteiger partial charge in [0, 0.05) is 18.0 Å². The van der Waals surface area contributed by atoms with Crippen molar-refractivity contribution in [1.29, 1.82) is 0 Å². The smallest absolute Gasteiger partial charge is 0.132 e. The largest absolute Gasteiger partial charge is 0.333 e. The fourth-order valence-electron chi connectivity index (χ4n) is 4.54. The second kappa shape index (κ2) is 7.75. The van der Waals surface area contributed by atoms with Crippen LogP contribution >= 0.6 is 0 Å². The standard InChI is InChI=1S/C27H24N2O/c1-19(30)16-27-23-17-21-12-8-9-15-24(21)28-25(23)18-26(20-10-4-2-5-11-20)29(27)22-13-6-3-7-14-22/h2-15,17-18,21,24,27H,16H2,1H3. The molecule has 0 saturated carbocycles. The van der Waals surface area contributed by atoms with Crippen LogP contribution in [0.15, 0.2) is 108 Å². The van der Waals surface area contributed by atoms with Gasteiger partial charge in [0.05, 0.1) is 23.5 Å². The maximum Gasteiger partial charge on any atom is 0.132 e. The number of carbonyl (C=O) groups excluding carboxylic acids is 1. The number of anilines is 1. The topological polar surface area (TPSA) is 32.7 Å². The van der Waals surface area contributed by atoms with E-state index in [1.54, 1.807) is 6.92 Å². The summed E-state index contributed by atoms with van der Waals surface area (Å²) in [6, 6.07) is 20.8. The van der Waals surface area contributed by atoms with Crippen LogP contribution in [0.3, 0.4) is 0 Å². The first-order valence-corrected chi connectivity index (χ1v) is 10.5. The van der Waals surface area contributed by atoms with E-state index in [1.807, 2.05) is 24.3 Å². The molecule has 3 aliphatic rings. The predicted molar refractivity (Wildman–Crippen MR) is 124 cm³/mol. The number of hydrogen-bond acceptors (Lipinski definition) is 3. The number of dihydropyridines is 1. The molecule has 0 aromatic heterocycles. The summed E-state index contributed by atoms with van der Waals surface area (Å²) < 4.78 is 0. The highest BCUT2D eigenvalue weighted by atomic mass is 16.1. The van der Waals surface area contributed by atoms with Crippen LogP contribution in [-0.2, 0) is 4.79 Å². The molecule has 3 atom stereocenters. The SMILES string of the molecule is CC(=O)CC1C2=CC3C=CC=CC3N=C2C=C(c2ccccc2)N1c1ccccc1. The Kier molecular flexibility index (Phi) is 4.80. The average molecular weight is 393 g/mol. The quantitative estimate of drug-likeness (QED) is 0.699. The van der Waals surface area contributed by atoms with Crippen molar-refractivity contribution >= 4 is 22.9 Å². The summed E-state index contributed by atoms with van der Waals surface area (Å²) in [6.45, 7) is 1.68. The van der Waals surface area contributed by atoms with Crippen molar-refractivity contribution in [3.63, 3.8) is 0 Å². The molecule has 3 unspecified atom stereocenters. The van der Waals surface area contributed by atoms with Gasteiger partial charge in [-0.25, -0.2) is 0 Å². The van der Waals surface area contributed by atoms with Crippen molar-refractivity contribution in [2.75, 3.05) is 4.90 Å². The van der Waals surface area contributed by atoms with E-state index in [0.29, 0.717) is 6.42 Å². The van der Waals surface area contributed by atoms with Gasteiger partial charge >= 0.3 is 0 Å². The van der Waals surface area contributed by atoms with Crippen LogP contribution in [0.25, 0.3) is 5.70 Å². The summed E-state index contributed by atoms with van der Waals surface area (Å²) >= 11 is 0. The Labute approximate surface area is 177 Å². The van der Waals surface area contributed by atoms with Gasteiger partial charge < -0.3 is 4.90 Å². The number of hydrogen-bond donors (Lipinski definition) is 0. The Morgan fingerprint density at radius 1 is 0.967 bits per heavy atom. The molecule has 3 nitrogen and oxygen atoms in total. The molecular formula is C27H24N2O. The van der Waals surface area contributed by atoms with Gasteiger partial charge in [0.1, 0.15) is 5.78 Å². The molecule has 0 amide bonds. The van der Waals surface area contributed by atoms with Crippen molar-refractivity contribution in [1.82, 2.24) is 0 Å². The lowest BCUT2D eigenvalue weighted by Gasteiger charge is -2.42. The van der Waals surface area contributed by atoms with Gasteiger partial charge in [-0.15, -0.1) is 0 Å². The van der Waals surface area contributed by atoms with E-state index in [-0.39, 0.29) is 23.8 Å². The van der Waals surface area contributed by atoms with E-state index in [0.717, 1.165) is 28.2 Å². The van der Waals surface area contributed by atoms with Crippen LogP contribution in [0.2, 0.25) is 0 Å².